The summed E-state index contributed by atoms with van der Waals surface area (Å²) in [6, 6.07) is 17.0. The monoisotopic (exact) mass is 528 g/mol. The van der Waals surface area contributed by atoms with Crippen LogP contribution < -0.4 is 5.32 Å². The Bertz CT molecular complexity index is 1400. The van der Waals surface area contributed by atoms with Crippen LogP contribution in [-0.4, -0.2) is 39.0 Å². The lowest BCUT2D eigenvalue weighted by Crippen LogP contribution is -2.49. The van der Waals surface area contributed by atoms with Crippen LogP contribution in [0.15, 0.2) is 59.3 Å². The van der Waals surface area contributed by atoms with E-state index < -0.39 is 0 Å². The molecule has 0 bridgehead atoms. The molecule has 1 fully saturated rings. The van der Waals surface area contributed by atoms with Crippen molar-refractivity contribution in [1.82, 2.24) is 19.9 Å². The van der Waals surface area contributed by atoms with E-state index in [4.69, 9.17) is 4.98 Å². The minimum Gasteiger partial charge on any atom is -0.360 e. The highest BCUT2D eigenvalue weighted by molar-refractivity contribution is 9.10. The highest BCUT2D eigenvalue weighted by Crippen LogP contribution is 2.35. The van der Waals surface area contributed by atoms with E-state index in [1.807, 2.05) is 31.5 Å². The number of hydrogen-bond acceptors (Lipinski definition) is 5. The minimum atomic E-state index is 0.194. The van der Waals surface area contributed by atoms with Gasteiger partial charge >= 0.3 is 0 Å². The van der Waals surface area contributed by atoms with E-state index in [0.29, 0.717) is 11.5 Å². The van der Waals surface area contributed by atoms with E-state index in [0.717, 1.165) is 58.3 Å². The summed E-state index contributed by atoms with van der Waals surface area (Å²) >= 11 is 3.56. The highest BCUT2D eigenvalue weighted by Gasteiger charge is 2.33. The molecule has 1 atom stereocenters. The number of hydrogen-bond donors (Lipinski definition) is 2. The molecule has 3 heterocycles. The number of aromatic nitrogens is 3. The summed E-state index contributed by atoms with van der Waals surface area (Å²) in [6.45, 7) is 9.65. The molecule has 35 heavy (non-hydrogen) atoms. The van der Waals surface area contributed by atoms with Crippen molar-refractivity contribution < 1.29 is 0 Å². The molecule has 0 amide bonds. The smallest absolute Gasteiger partial charge is 0.223 e. The van der Waals surface area contributed by atoms with Crippen LogP contribution in [0, 0.1) is 23.7 Å². The number of benzene rings is 2. The number of fused-ring (bicyclic) bond motifs is 1. The van der Waals surface area contributed by atoms with Crippen molar-refractivity contribution >= 4 is 32.8 Å². The summed E-state index contributed by atoms with van der Waals surface area (Å²) in [5.41, 5.74) is 5.93. The molecule has 0 saturated carbocycles. The molecule has 0 unspecified atom stereocenters. The summed E-state index contributed by atoms with van der Waals surface area (Å²) < 4.78 is 0.775. The lowest BCUT2D eigenvalue weighted by molar-refractivity contribution is 0.101. The highest BCUT2D eigenvalue weighted by atomic mass is 79.9. The Balaban J connectivity index is 1.40. The zero-order valence-corrected chi connectivity index (χ0v) is 21.9. The van der Waals surface area contributed by atoms with Gasteiger partial charge in [0, 0.05) is 49.0 Å². The maximum absolute atomic E-state index is 9.35. The second kappa shape index (κ2) is 9.44. The van der Waals surface area contributed by atoms with Crippen molar-refractivity contribution in [3.8, 4) is 17.3 Å². The first kappa shape index (κ1) is 23.5. The third-order valence-electron chi connectivity index (χ3n) is 6.65. The van der Waals surface area contributed by atoms with Gasteiger partial charge in [0.1, 0.15) is 6.07 Å². The molecule has 0 aliphatic carbocycles. The number of piperidine rings is 1. The maximum atomic E-state index is 9.35. The number of halogens is 1. The second-order valence-corrected chi connectivity index (χ2v) is 11.0. The third-order valence-corrected chi connectivity index (χ3v) is 7.48. The fraction of sp³-hybridized carbons (Fsp3) is 0.321. The number of rotatable bonds is 5. The molecule has 0 radical (unpaired) electrons. The molecule has 1 aliphatic rings. The van der Waals surface area contributed by atoms with Crippen molar-refractivity contribution in [1.29, 1.82) is 5.26 Å². The van der Waals surface area contributed by atoms with Crippen molar-refractivity contribution in [2.75, 3.05) is 18.4 Å². The van der Waals surface area contributed by atoms with Crippen LogP contribution in [0.4, 0.5) is 5.95 Å². The van der Waals surface area contributed by atoms with Crippen LogP contribution in [-0.2, 0) is 6.54 Å². The van der Waals surface area contributed by atoms with Crippen molar-refractivity contribution in [2.24, 2.45) is 5.41 Å². The first-order valence-corrected chi connectivity index (χ1v) is 12.7. The average Bonchev–Trinajstić information content (AvgIpc) is 3.25. The molecular formula is C28H29BrN6. The Morgan fingerprint density at radius 2 is 2.03 bits per heavy atom. The van der Waals surface area contributed by atoms with Gasteiger partial charge in [0.05, 0.1) is 21.2 Å². The number of H-pyrrole nitrogens is 1. The van der Waals surface area contributed by atoms with Crippen LogP contribution in [0.3, 0.4) is 0 Å². The van der Waals surface area contributed by atoms with Crippen LogP contribution in [0.2, 0.25) is 0 Å². The molecule has 7 heteroatoms. The molecular weight excluding hydrogens is 500 g/mol. The van der Waals surface area contributed by atoms with Gasteiger partial charge in [0.25, 0.3) is 0 Å². The predicted molar refractivity (Wildman–Crippen MR) is 144 cm³/mol. The molecule has 4 aromatic rings. The fourth-order valence-electron chi connectivity index (χ4n) is 5.25. The lowest BCUT2D eigenvalue weighted by Gasteiger charge is -2.42. The average molecular weight is 529 g/mol. The van der Waals surface area contributed by atoms with Crippen LogP contribution in [0.25, 0.3) is 22.2 Å². The van der Waals surface area contributed by atoms with E-state index in [9.17, 15) is 5.26 Å². The Morgan fingerprint density at radius 3 is 2.80 bits per heavy atom. The molecule has 2 aromatic heterocycles. The van der Waals surface area contributed by atoms with Gasteiger partial charge in [-0.3, -0.25) is 4.90 Å². The maximum Gasteiger partial charge on any atom is 0.223 e. The molecule has 0 spiro atoms. The Hall–Kier alpha value is -3.21. The standard InChI is InChI=1S/C28H29BrN6/c1-18-13-32-27(34-25(18)23-14-31-26-22(23)10-9-20(12-30)24(26)29)33-21-11-28(2,3)17-35(16-21)15-19-7-5-4-6-8-19/h4-10,13-14,21,31H,11,15-17H2,1-3H3,(H,32,33,34)/t21-/m0/s1. The van der Waals surface area contributed by atoms with Gasteiger partial charge in [0.2, 0.25) is 5.95 Å². The van der Waals surface area contributed by atoms with Crippen LogP contribution in [0.1, 0.15) is 37.0 Å². The minimum absolute atomic E-state index is 0.194. The van der Waals surface area contributed by atoms with Gasteiger partial charge < -0.3 is 10.3 Å². The quantitative estimate of drug-likeness (QED) is 0.318. The molecule has 2 aromatic carbocycles. The molecule has 6 nitrogen and oxygen atoms in total. The topological polar surface area (TPSA) is 80.6 Å². The number of nitriles is 1. The van der Waals surface area contributed by atoms with Gasteiger partial charge in [-0.1, -0.05) is 50.2 Å². The SMILES string of the molecule is Cc1cnc(N[C@@H]2CN(Cc3ccccc3)CC(C)(C)C2)nc1-c1c[nH]c2c(Br)c(C#N)ccc12. The summed E-state index contributed by atoms with van der Waals surface area (Å²) in [5, 5.41) is 14.0. The predicted octanol–water partition coefficient (Wildman–Crippen LogP) is 6.28. The number of aryl methyl sites for hydroxylation is 1. The van der Waals surface area contributed by atoms with E-state index in [1.165, 1.54) is 5.56 Å². The van der Waals surface area contributed by atoms with Gasteiger partial charge in [-0.2, -0.15) is 5.26 Å². The van der Waals surface area contributed by atoms with E-state index in [-0.39, 0.29) is 11.5 Å². The van der Waals surface area contributed by atoms with Gasteiger partial charge in [0.15, 0.2) is 0 Å². The third kappa shape index (κ3) is 4.95. The van der Waals surface area contributed by atoms with Crippen molar-refractivity contribution in [3.05, 3.63) is 76.0 Å². The lowest BCUT2D eigenvalue weighted by atomic mass is 9.81. The second-order valence-electron chi connectivity index (χ2n) is 10.3. The number of nitrogens with one attached hydrogen (secondary N) is 2. The van der Waals surface area contributed by atoms with E-state index in [2.05, 4.69) is 86.4 Å². The first-order chi connectivity index (χ1) is 16.8. The summed E-state index contributed by atoms with van der Waals surface area (Å²) in [4.78, 5) is 15.4. The van der Waals surface area contributed by atoms with Crippen LogP contribution in [0.5, 0.6) is 0 Å². The molecule has 178 valence electrons. The molecule has 5 rings (SSSR count). The normalized spacial score (nSPS) is 17.9. The van der Waals surface area contributed by atoms with Crippen LogP contribution >= 0.6 is 15.9 Å². The fourth-order valence-corrected chi connectivity index (χ4v) is 5.80. The van der Waals surface area contributed by atoms with E-state index >= 15 is 0 Å². The summed E-state index contributed by atoms with van der Waals surface area (Å²) in [6.07, 6.45) is 4.90. The number of nitrogens with zero attached hydrogens (tertiary/aromatic N) is 4. The van der Waals surface area contributed by atoms with Crippen molar-refractivity contribution in [2.45, 2.75) is 39.8 Å². The Kier molecular flexibility index (Phi) is 6.35. The largest absolute Gasteiger partial charge is 0.360 e. The molecule has 2 N–H and O–H groups in total. The summed E-state index contributed by atoms with van der Waals surface area (Å²) in [7, 11) is 0. The van der Waals surface area contributed by atoms with Gasteiger partial charge in [-0.05, 0) is 51.9 Å². The molecule has 1 saturated heterocycles. The van der Waals surface area contributed by atoms with Gasteiger partial charge in [-0.15, -0.1) is 0 Å². The number of likely N-dealkylation sites (tertiary alicyclic amines) is 1. The Labute approximate surface area is 214 Å². The zero-order valence-electron chi connectivity index (χ0n) is 20.3. The number of aromatic amines is 1. The number of anilines is 1. The first-order valence-electron chi connectivity index (χ1n) is 11.9. The summed E-state index contributed by atoms with van der Waals surface area (Å²) in [5.74, 6) is 0.648. The van der Waals surface area contributed by atoms with E-state index in [1.54, 1.807) is 0 Å². The Morgan fingerprint density at radius 1 is 1.23 bits per heavy atom. The van der Waals surface area contributed by atoms with Crippen molar-refractivity contribution in [3.63, 3.8) is 0 Å². The molecule has 1 aliphatic heterocycles. The van der Waals surface area contributed by atoms with Gasteiger partial charge in [-0.25, -0.2) is 9.97 Å². The zero-order chi connectivity index (χ0) is 24.6.